The van der Waals surface area contributed by atoms with Gasteiger partial charge in [0.2, 0.25) is 0 Å². The first kappa shape index (κ1) is 48.1. The Morgan fingerprint density at radius 2 is 0.562 bits per heavy atom. The number of carboxylic acid groups (broad SMARTS) is 4. The molecule has 8 heteroatoms. The summed E-state index contributed by atoms with van der Waals surface area (Å²) >= 11 is 0. The predicted octanol–water partition coefficient (Wildman–Crippen LogP) is 15.3. The van der Waals surface area contributed by atoms with E-state index in [2.05, 4.69) is 0 Å². The molecule has 8 nitrogen and oxygen atoms in total. The lowest BCUT2D eigenvalue weighted by molar-refractivity contribution is 0.0651. The van der Waals surface area contributed by atoms with Gasteiger partial charge in [0, 0.05) is 17.0 Å². The van der Waals surface area contributed by atoms with Gasteiger partial charge in [-0.3, -0.25) is 0 Å². The van der Waals surface area contributed by atoms with Crippen molar-refractivity contribution < 1.29 is 39.6 Å². The van der Waals surface area contributed by atoms with Crippen LogP contribution in [-0.2, 0) is 0 Å². The number of rotatable bonds is 13. The second-order valence-corrected chi connectivity index (χ2v) is 17.1. The fourth-order valence-corrected chi connectivity index (χ4v) is 9.72. The third kappa shape index (κ3) is 9.95. The first-order valence-corrected chi connectivity index (χ1v) is 23.4. The van der Waals surface area contributed by atoms with Crippen molar-refractivity contribution in [2.75, 3.05) is 0 Å². The molecule has 10 rings (SSSR count). The zero-order valence-electron chi connectivity index (χ0n) is 39.2. The standard InChI is InChI=1S/C39H28O4.C26H18O4/c40-38(41)36-34(30-24-14-5-15-25-30)32(28-20-10-3-11-21-28)33(29-22-12-4-13-23-29)35(37(36)39(42)43)31(26-16-6-1-7-17-26)27-18-8-2-9-19-27;27-25(28)21-16-20(17-10-4-1-5-11-17)22(18-12-6-2-7-13-18)23(24(21)26(29)30)19-14-8-3-9-15-19/h1-25,31H,(H,40,41)(H,42,43);1-16H,(H,27,28)(H,29,30). The Bertz CT molecular complexity index is 3530. The van der Waals surface area contributed by atoms with Crippen molar-refractivity contribution in [3.05, 3.63) is 288 Å². The predicted molar refractivity (Wildman–Crippen MR) is 287 cm³/mol. The molecule has 0 atom stereocenters. The molecule has 0 aromatic heterocycles. The molecular formula is C65H46O8. The van der Waals surface area contributed by atoms with E-state index in [0.717, 1.165) is 33.4 Å². The van der Waals surface area contributed by atoms with Crippen LogP contribution in [0.5, 0.6) is 0 Å². The van der Waals surface area contributed by atoms with Crippen molar-refractivity contribution in [3.8, 4) is 66.8 Å². The lowest BCUT2D eigenvalue weighted by atomic mass is 9.72. The highest BCUT2D eigenvalue weighted by molar-refractivity contribution is 6.15. The Morgan fingerprint density at radius 1 is 0.274 bits per heavy atom. The lowest BCUT2D eigenvalue weighted by Crippen LogP contribution is -2.19. The van der Waals surface area contributed by atoms with Crippen LogP contribution in [0, 0.1) is 0 Å². The van der Waals surface area contributed by atoms with Gasteiger partial charge in [0.15, 0.2) is 0 Å². The van der Waals surface area contributed by atoms with Gasteiger partial charge in [0.1, 0.15) is 0 Å². The molecule has 354 valence electrons. The Morgan fingerprint density at radius 3 is 0.904 bits per heavy atom. The molecule has 0 aliphatic rings. The quantitative estimate of drug-likeness (QED) is 0.0835. The molecule has 10 aromatic carbocycles. The van der Waals surface area contributed by atoms with Gasteiger partial charge in [0.25, 0.3) is 0 Å². The fourth-order valence-electron chi connectivity index (χ4n) is 9.72. The van der Waals surface area contributed by atoms with E-state index in [4.69, 9.17) is 0 Å². The van der Waals surface area contributed by atoms with Crippen LogP contribution >= 0.6 is 0 Å². The number of carboxylic acids is 4. The third-order valence-corrected chi connectivity index (χ3v) is 12.7. The fraction of sp³-hybridized carbons (Fsp3) is 0.0154. The molecule has 0 bridgehead atoms. The summed E-state index contributed by atoms with van der Waals surface area (Å²) in [5, 5.41) is 41.7. The highest BCUT2D eigenvalue weighted by Crippen LogP contribution is 2.51. The molecular weight excluding hydrogens is 909 g/mol. The summed E-state index contributed by atoms with van der Waals surface area (Å²) in [6.45, 7) is 0. The molecule has 0 fully saturated rings. The average Bonchev–Trinajstić information content (AvgIpc) is 3.44. The maximum absolute atomic E-state index is 13.5. The van der Waals surface area contributed by atoms with Gasteiger partial charge in [0.05, 0.1) is 22.3 Å². The molecule has 0 unspecified atom stereocenters. The number of hydrogen-bond donors (Lipinski definition) is 4. The van der Waals surface area contributed by atoms with Crippen molar-refractivity contribution in [1.82, 2.24) is 0 Å². The molecule has 0 amide bonds. The largest absolute Gasteiger partial charge is 0.478 e. The van der Waals surface area contributed by atoms with Gasteiger partial charge in [-0.15, -0.1) is 0 Å². The van der Waals surface area contributed by atoms with Crippen molar-refractivity contribution in [2.24, 2.45) is 0 Å². The Kier molecular flexibility index (Phi) is 14.4. The SMILES string of the molecule is O=C(O)c1c(C(=O)O)c(C(c2ccccc2)c2ccccc2)c(-c2ccccc2)c(-c2ccccc2)c1-c1ccccc1.O=C(O)c1cc(-c2ccccc2)c(-c2ccccc2)c(-c2ccccc2)c1C(=O)O. The summed E-state index contributed by atoms with van der Waals surface area (Å²) in [4.78, 5) is 51.2. The maximum atomic E-state index is 13.5. The first-order valence-electron chi connectivity index (χ1n) is 23.4. The molecule has 4 N–H and O–H groups in total. The van der Waals surface area contributed by atoms with Crippen molar-refractivity contribution >= 4 is 23.9 Å². The van der Waals surface area contributed by atoms with Crippen LogP contribution in [0.2, 0.25) is 0 Å². The van der Waals surface area contributed by atoms with Crippen molar-refractivity contribution in [2.45, 2.75) is 5.92 Å². The third-order valence-electron chi connectivity index (χ3n) is 12.7. The van der Waals surface area contributed by atoms with E-state index in [0.29, 0.717) is 50.1 Å². The summed E-state index contributed by atoms with van der Waals surface area (Å²) in [5.74, 6) is -5.72. The second-order valence-electron chi connectivity index (χ2n) is 17.1. The smallest absolute Gasteiger partial charge is 0.337 e. The van der Waals surface area contributed by atoms with E-state index in [1.807, 2.05) is 231 Å². The zero-order valence-corrected chi connectivity index (χ0v) is 39.2. The monoisotopic (exact) mass is 954 g/mol. The topological polar surface area (TPSA) is 149 Å². The maximum Gasteiger partial charge on any atom is 0.337 e. The second kappa shape index (κ2) is 21.8. The minimum atomic E-state index is -1.30. The number of aromatic carboxylic acids is 4. The summed E-state index contributed by atoms with van der Waals surface area (Å²) in [5.41, 5.74) is 9.23. The Balaban J connectivity index is 0.000000192. The van der Waals surface area contributed by atoms with Gasteiger partial charge >= 0.3 is 23.9 Å². The molecule has 0 radical (unpaired) electrons. The van der Waals surface area contributed by atoms with Crippen LogP contribution in [0.4, 0.5) is 0 Å². The summed E-state index contributed by atoms with van der Waals surface area (Å²) < 4.78 is 0. The van der Waals surface area contributed by atoms with Gasteiger partial charge < -0.3 is 20.4 Å². The molecule has 0 saturated carbocycles. The highest BCUT2D eigenvalue weighted by atomic mass is 16.4. The van der Waals surface area contributed by atoms with E-state index in [1.54, 1.807) is 12.1 Å². The number of carbonyl (C=O) groups is 4. The lowest BCUT2D eigenvalue weighted by Gasteiger charge is -2.30. The van der Waals surface area contributed by atoms with E-state index in [-0.39, 0.29) is 22.3 Å². The minimum absolute atomic E-state index is 0.216. The Labute approximate surface area is 422 Å². The van der Waals surface area contributed by atoms with E-state index >= 15 is 0 Å². The summed E-state index contributed by atoms with van der Waals surface area (Å²) in [6, 6.07) is 77.3. The van der Waals surface area contributed by atoms with E-state index in [1.165, 1.54) is 6.07 Å². The van der Waals surface area contributed by atoms with Crippen molar-refractivity contribution in [3.63, 3.8) is 0 Å². The molecule has 10 aromatic rings. The average molecular weight is 955 g/mol. The van der Waals surface area contributed by atoms with Gasteiger partial charge in [-0.05, 0) is 78.4 Å². The molecule has 73 heavy (non-hydrogen) atoms. The number of benzene rings is 10. The highest BCUT2D eigenvalue weighted by Gasteiger charge is 2.37. The normalized spacial score (nSPS) is 10.8. The zero-order chi connectivity index (χ0) is 50.8. The number of hydrogen-bond acceptors (Lipinski definition) is 4. The van der Waals surface area contributed by atoms with Crippen LogP contribution in [-0.4, -0.2) is 44.3 Å². The van der Waals surface area contributed by atoms with Crippen LogP contribution < -0.4 is 0 Å². The summed E-state index contributed by atoms with van der Waals surface area (Å²) in [6.07, 6.45) is 0. The van der Waals surface area contributed by atoms with Gasteiger partial charge in [-0.1, -0.05) is 243 Å². The Hall–Kier alpha value is -9.92. The van der Waals surface area contributed by atoms with Gasteiger partial charge in [-0.2, -0.15) is 0 Å². The van der Waals surface area contributed by atoms with Crippen LogP contribution in [0.15, 0.2) is 249 Å². The van der Waals surface area contributed by atoms with Crippen LogP contribution in [0.3, 0.4) is 0 Å². The molecule has 0 heterocycles. The minimum Gasteiger partial charge on any atom is -0.478 e. The van der Waals surface area contributed by atoms with E-state index in [9.17, 15) is 39.6 Å². The first-order chi connectivity index (χ1) is 35.6. The molecule has 0 aliphatic heterocycles. The molecule has 0 aliphatic carbocycles. The van der Waals surface area contributed by atoms with E-state index < -0.39 is 29.8 Å². The molecule has 0 saturated heterocycles. The van der Waals surface area contributed by atoms with Gasteiger partial charge in [-0.25, -0.2) is 19.2 Å². The summed E-state index contributed by atoms with van der Waals surface area (Å²) in [7, 11) is 0. The molecule has 0 spiro atoms. The van der Waals surface area contributed by atoms with Crippen molar-refractivity contribution in [1.29, 1.82) is 0 Å². The van der Waals surface area contributed by atoms with Crippen LogP contribution in [0.25, 0.3) is 66.8 Å². The van der Waals surface area contributed by atoms with Crippen LogP contribution in [0.1, 0.15) is 64.0 Å².